The number of rotatable bonds is 5. The van der Waals surface area contributed by atoms with Crippen molar-refractivity contribution in [2.24, 2.45) is 16.8 Å². The third-order valence-corrected chi connectivity index (χ3v) is 5.99. The van der Waals surface area contributed by atoms with Crippen LogP contribution in [-0.4, -0.2) is 37.4 Å². The Bertz CT molecular complexity index is 644. The predicted molar refractivity (Wildman–Crippen MR) is 86.6 cm³/mol. The van der Waals surface area contributed by atoms with Crippen molar-refractivity contribution in [3.63, 3.8) is 0 Å². The van der Waals surface area contributed by atoms with Crippen LogP contribution in [0, 0.1) is 5.92 Å². The molecule has 0 saturated heterocycles. The molecular weight excluding hydrogens is 405 g/mol. The molecule has 1 unspecified atom stereocenters. The number of sulfonamides is 1. The summed E-state index contributed by atoms with van der Waals surface area (Å²) >= 11 is 15.1. The Hall–Kier alpha value is -0.540. The number of benzene rings is 1. The Kier molecular flexibility index (Phi) is 6.30. The molecule has 21 heavy (non-hydrogen) atoms. The Morgan fingerprint density at radius 3 is 2.38 bits per heavy atom. The van der Waals surface area contributed by atoms with Crippen molar-refractivity contribution >= 4 is 55.0 Å². The molecule has 0 aliphatic carbocycles. The minimum absolute atomic E-state index is 0.0117. The lowest BCUT2D eigenvalue weighted by atomic mass is 10.2. The van der Waals surface area contributed by atoms with E-state index in [1.807, 2.05) is 0 Å². The van der Waals surface area contributed by atoms with Crippen LogP contribution in [0.25, 0.3) is 0 Å². The van der Waals surface area contributed by atoms with Gasteiger partial charge in [-0.25, -0.2) is 12.7 Å². The van der Waals surface area contributed by atoms with Gasteiger partial charge >= 0.3 is 0 Å². The van der Waals surface area contributed by atoms with Gasteiger partial charge < -0.3 is 10.9 Å². The molecule has 118 valence electrons. The summed E-state index contributed by atoms with van der Waals surface area (Å²) in [5.74, 6) is -0.534. The zero-order chi connectivity index (χ0) is 16.4. The molecule has 0 fully saturated rings. The lowest BCUT2D eigenvalue weighted by Crippen LogP contribution is -2.36. The van der Waals surface area contributed by atoms with Gasteiger partial charge in [0.2, 0.25) is 10.0 Å². The molecule has 3 N–H and O–H groups in total. The summed E-state index contributed by atoms with van der Waals surface area (Å²) in [6, 6.07) is 2.89. The van der Waals surface area contributed by atoms with Crippen LogP contribution in [0.2, 0.25) is 10.0 Å². The van der Waals surface area contributed by atoms with Gasteiger partial charge in [0.25, 0.3) is 0 Å². The van der Waals surface area contributed by atoms with Crippen molar-refractivity contribution < 1.29 is 13.6 Å². The summed E-state index contributed by atoms with van der Waals surface area (Å²) in [4.78, 5) is -0.178. The number of nitrogens with two attached hydrogens (primary N) is 1. The third-order valence-electron chi connectivity index (χ3n) is 2.78. The molecule has 10 heteroatoms. The molecule has 1 rings (SSSR count). The van der Waals surface area contributed by atoms with Crippen LogP contribution in [0.5, 0.6) is 0 Å². The molecule has 1 aromatic rings. The highest BCUT2D eigenvalue weighted by atomic mass is 79.9. The molecule has 1 atom stereocenters. The maximum atomic E-state index is 12.5. The molecule has 0 saturated carbocycles. The first-order valence-corrected chi connectivity index (χ1v) is 8.68. The van der Waals surface area contributed by atoms with Crippen LogP contribution < -0.4 is 5.73 Å². The lowest BCUT2D eigenvalue weighted by molar-refractivity contribution is 0.312. The zero-order valence-corrected chi connectivity index (χ0v) is 15.1. The zero-order valence-electron chi connectivity index (χ0n) is 11.2. The topological polar surface area (TPSA) is 96.0 Å². The van der Waals surface area contributed by atoms with E-state index in [0.717, 1.165) is 4.31 Å². The minimum atomic E-state index is -3.90. The SMILES string of the molecule is CC(CN(C)S(=O)(=O)c1c(Cl)cc(Br)cc1Cl)C(N)=NO. The van der Waals surface area contributed by atoms with Crippen LogP contribution >= 0.6 is 39.1 Å². The van der Waals surface area contributed by atoms with Gasteiger partial charge in [-0.2, -0.15) is 0 Å². The Labute approximate surface area is 141 Å². The highest BCUT2D eigenvalue weighted by Crippen LogP contribution is 2.34. The maximum Gasteiger partial charge on any atom is 0.245 e. The first-order valence-electron chi connectivity index (χ1n) is 5.69. The second-order valence-corrected chi connectivity index (χ2v) is 8.12. The predicted octanol–water partition coefficient (Wildman–Crippen LogP) is 2.76. The summed E-state index contributed by atoms with van der Waals surface area (Å²) < 4.78 is 26.7. The van der Waals surface area contributed by atoms with Crippen LogP contribution in [0.15, 0.2) is 26.7 Å². The Morgan fingerprint density at radius 1 is 1.48 bits per heavy atom. The standard InChI is InChI=1S/C11H14BrCl2N3O3S/c1-6(11(15)16-18)5-17(2)21(19,20)10-8(13)3-7(12)4-9(10)14/h3-4,6,18H,5H2,1-2H3,(H2,15,16). The molecule has 0 amide bonds. The molecule has 0 spiro atoms. The average Bonchev–Trinajstić information content (AvgIpc) is 2.35. The monoisotopic (exact) mass is 417 g/mol. The van der Waals surface area contributed by atoms with E-state index in [-0.39, 0.29) is 27.3 Å². The second-order valence-electron chi connectivity index (χ2n) is 4.41. The number of nitrogens with zero attached hydrogens (tertiary/aromatic N) is 2. The fourth-order valence-electron chi connectivity index (χ4n) is 1.61. The minimum Gasteiger partial charge on any atom is -0.409 e. The van der Waals surface area contributed by atoms with E-state index in [0.29, 0.717) is 4.47 Å². The van der Waals surface area contributed by atoms with E-state index in [9.17, 15) is 8.42 Å². The van der Waals surface area contributed by atoms with Gasteiger partial charge in [0.15, 0.2) is 0 Å². The van der Waals surface area contributed by atoms with Gasteiger partial charge in [-0.05, 0) is 12.1 Å². The average molecular weight is 419 g/mol. The molecule has 0 radical (unpaired) electrons. The van der Waals surface area contributed by atoms with E-state index in [2.05, 4.69) is 21.1 Å². The molecule has 0 bridgehead atoms. The Balaban J connectivity index is 3.18. The van der Waals surface area contributed by atoms with Gasteiger partial charge in [-0.15, -0.1) is 0 Å². The van der Waals surface area contributed by atoms with Gasteiger partial charge in [-0.3, -0.25) is 0 Å². The molecule has 6 nitrogen and oxygen atoms in total. The largest absolute Gasteiger partial charge is 0.409 e. The first kappa shape index (κ1) is 18.5. The van der Waals surface area contributed by atoms with Crippen molar-refractivity contribution in [2.45, 2.75) is 11.8 Å². The first-order chi connectivity index (χ1) is 9.61. The van der Waals surface area contributed by atoms with E-state index >= 15 is 0 Å². The van der Waals surface area contributed by atoms with Crippen LogP contribution in [0.4, 0.5) is 0 Å². The maximum absolute atomic E-state index is 12.5. The Morgan fingerprint density at radius 2 is 1.95 bits per heavy atom. The normalized spacial score (nSPS) is 14.5. The van der Waals surface area contributed by atoms with Gasteiger partial charge in [-0.1, -0.05) is 51.2 Å². The van der Waals surface area contributed by atoms with E-state index < -0.39 is 15.9 Å². The molecule has 0 aliphatic heterocycles. The van der Waals surface area contributed by atoms with Crippen LogP contribution in [-0.2, 0) is 10.0 Å². The van der Waals surface area contributed by atoms with Gasteiger partial charge in [0.05, 0.1) is 10.0 Å². The van der Waals surface area contributed by atoms with Gasteiger partial charge in [0.1, 0.15) is 10.7 Å². The summed E-state index contributed by atoms with van der Waals surface area (Å²) in [6.45, 7) is 1.65. The van der Waals surface area contributed by atoms with Crippen molar-refractivity contribution in [3.8, 4) is 0 Å². The lowest BCUT2D eigenvalue weighted by Gasteiger charge is -2.21. The molecule has 0 heterocycles. The fraction of sp³-hybridized carbons (Fsp3) is 0.364. The van der Waals surface area contributed by atoms with Crippen molar-refractivity contribution in [2.75, 3.05) is 13.6 Å². The molecule has 0 aromatic heterocycles. The number of amidine groups is 1. The number of hydrogen-bond acceptors (Lipinski definition) is 4. The highest BCUT2D eigenvalue weighted by Gasteiger charge is 2.28. The molecule has 0 aliphatic rings. The smallest absolute Gasteiger partial charge is 0.245 e. The quantitative estimate of drug-likeness (QED) is 0.332. The summed E-state index contributed by atoms with van der Waals surface area (Å²) in [5, 5.41) is 11.5. The van der Waals surface area contributed by atoms with E-state index in [4.69, 9.17) is 34.1 Å². The van der Waals surface area contributed by atoms with Crippen LogP contribution in [0.3, 0.4) is 0 Å². The van der Waals surface area contributed by atoms with Crippen LogP contribution in [0.1, 0.15) is 6.92 Å². The number of halogens is 3. The van der Waals surface area contributed by atoms with Crippen molar-refractivity contribution in [3.05, 3.63) is 26.7 Å². The molecule has 1 aromatic carbocycles. The number of oxime groups is 1. The van der Waals surface area contributed by atoms with Crippen molar-refractivity contribution in [1.29, 1.82) is 0 Å². The van der Waals surface area contributed by atoms with E-state index in [1.165, 1.54) is 19.2 Å². The van der Waals surface area contributed by atoms with Crippen molar-refractivity contribution in [1.82, 2.24) is 4.31 Å². The molecular formula is C11H14BrCl2N3O3S. The fourth-order valence-corrected chi connectivity index (χ4v) is 4.74. The summed E-state index contributed by atoms with van der Waals surface area (Å²) in [7, 11) is -2.53. The third kappa shape index (κ3) is 4.23. The summed E-state index contributed by atoms with van der Waals surface area (Å²) in [6.07, 6.45) is 0. The highest BCUT2D eigenvalue weighted by molar-refractivity contribution is 9.10. The van der Waals surface area contributed by atoms with Gasteiger partial charge in [0, 0.05) is 24.0 Å². The number of hydrogen-bond donors (Lipinski definition) is 2. The van der Waals surface area contributed by atoms with E-state index in [1.54, 1.807) is 6.92 Å². The second kappa shape index (κ2) is 7.15. The summed E-state index contributed by atoms with van der Waals surface area (Å²) in [5.41, 5.74) is 5.45.